The fraction of sp³-hybridized carbons (Fsp3) is 0.769. The Bertz CT molecular complexity index is 560. The molecule has 1 fully saturated rings. The molecule has 1 aliphatic rings. The molecule has 2 rings (SSSR count). The Morgan fingerprint density at radius 1 is 1.13 bits per heavy atom. The van der Waals surface area contributed by atoms with Gasteiger partial charge in [0.05, 0.1) is 5.75 Å². The first kappa shape index (κ1) is 20.3. The number of rotatable bonds is 5. The van der Waals surface area contributed by atoms with E-state index in [1.165, 1.54) is 19.3 Å². The molecule has 0 atom stereocenters. The molecule has 1 saturated carbocycles. The van der Waals surface area contributed by atoms with Gasteiger partial charge in [-0.2, -0.15) is 23.4 Å². The summed E-state index contributed by atoms with van der Waals surface area (Å²) in [5.74, 6) is 0.371. The molecule has 0 radical (unpaired) electrons. The molecule has 7 nitrogen and oxygen atoms in total. The molecule has 1 aliphatic carbocycles. The van der Waals surface area contributed by atoms with Gasteiger partial charge in [-0.25, -0.2) is 0 Å². The number of aromatic nitrogens is 3. The number of nitrogens with one attached hydrogen (secondary N) is 1. The maximum Gasteiger partial charge on any atom is 0.264 e. The number of hydrogen-bond donors (Lipinski definition) is 2. The first-order valence-electron chi connectivity index (χ1n) is 7.59. The summed E-state index contributed by atoms with van der Waals surface area (Å²) in [7, 11) is -3.69. The second-order valence-electron chi connectivity index (χ2n) is 5.32. The Hall–Kier alpha value is -0.700. The van der Waals surface area contributed by atoms with Crippen molar-refractivity contribution in [3.05, 3.63) is 10.6 Å². The van der Waals surface area contributed by atoms with E-state index in [9.17, 15) is 8.42 Å². The zero-order chi connectivity index (χ0) is 17.3. The third-order valence-electron chi connectivity index (χ3n) is 3.28. The molecule has 2 N–H and O–H groups in total. The summed E-state index contributed by atoms with van der Waals surface area (Å²) in [4.78, 5) is 11.6. The lowest BCUT2D eigenvalue weighted by molar-refractivity contribution is 0.460. The summed E-state index contributed by atoms with van der Waals surface area (Å²) >= 11 is 11.4. The molecule has 23 heavy (non-hydrogen) atoms. The van der Waals surface area contributed by atoms with Crippen LogP contribution in [0.15, 0.2) is 0 Å². The van der Waals surface area contributed by atoms with Crippen LogP contribution in [-0.4, -0.2) is 39.7 Å². The van der Waals surface area contributed by atoms with Crippen molar-refractivity contribution in [3.8, 4) is 0 Å². The molecule has 132 valence electrons. The van der Waals surface area contributed by atoms with E-state index >= 15 is 0 Å². The molecular weight excluding hydrogens is 363 g/mol. The minimum absolute atomic E-state index is 0.108. The molecule has 10 heteroatoms. The average molecular weight is 385 g/mol. The van der Waals surface area contributed by atoms with Crippen LogP contribution in [-0.2, 0) is 10.1 Å². The van der Waals surface area contributed by atoms with Gasteiger partial charge in [-0.15, -0.1) is 0 Å². The van der Waals surface area contributed by atoms with Crippen LogP contribution in [0.25, 0.3) is 0 Å². The van der Waals surface area contributed by atoms with Gasteiger partial charge in [0.1, 0.15) is 0 Å². The smallest absolute Gasteiger partial charge is 0.264 e. The zero-order valence-corrected chi connectivity index (χ0v) is 15.3. The summed E-state index contributed by atoms with van der Waals surface area (Å²) in [5.41, 5.74) is 0. The van der Waals surface area contributed by atoms with Crippen LogP contribution >= 0.6 is 23.2 Å². The predicted molar refractivity (Wildman–Crippen MR) is 91.7 cm³/mol. The number of anilines is 1. The lowest BCUT2D eigenvalue weighted by atomic mass is 9.96. The maximum absolute atomic E-state index is 9.95. The first-order chi connectivity index (χ1) is 10.8. The van der Waals surface area contributed by atoms with E-state index in [2.05, 4.69) is 20.3 Å². The summed E-state index contributed by atoms with van der Waals surface area (Å²) < 4.78 is 28.0. The minimum atomic E-state index is -3.69. The number of hydrogen-bond acceptors (Lipinski definition) is 6. The molecule has 1 aromatic rings. The second-order valence-corrected chi connectivity index (χ2v) is 7.56. The molecule has 0 amide bonds. The summed E-state index contributed by atoms with van der Waals surface area (Å²) in [6.07, 6.45) is 7.46. The lowest BCUT2D eigenvalue weighted by Gasteiger charge is -2.22. The second kappa shape index (κ2) is 10.2. The highest BCUT2D eigenvalue weighted by Gasteiger charge is 2.14. The fourth-order valence-corrected chi connectivity index (χ4v) is 3.16. The Balaban J connectivity index is 0.000000284. The van der Waals surface area contributed by atoms with Crippen LogP contribution in [0.5, 0.6) is 0 Å². The quantitative estimate of drug-likeness (QED) is 0.746. The monoisotopic (exact) mass is 384 g/mol. The molecule has 0 aliphatic heterocycles. The van der Waals surface area contributed by atoms with Crippen LogP contribution in [0.1, 0.15) is 51.9 Å². The van der Waals surface area contributed by atoms with E-state index in [4.69, 9.17) is 27.8 Å². The average Bonchev–Trinajstić information content (AvgIpc) is 2.45. The molecular formula is C13H22Cl2N4O3S. The van der Waals surface area contributed by atoms with E-state index < -0.39 is 10.1 Å². The molecule has 0 spiro atoms. The summed E-state index contributed by atoms with van der Waals surface area (Å²) in [6, 6.07) is 0.438. The Kier molecular flexibility index (Phi) is 9.04. The first-order valence-corrected chi connectivity index (χ1v) is 9.95. The number of unbranched alkanes of at least 4 members (excludes halogenated alkanes) is 1. The van der Waals surface area contributed by atoms with Crippen LogP contribution in [0.4, 0.5) is 5.95 Å². The topological polar surface area (TPSA) is 105 Å². The van der Waals surface area contributed by atoms with Gasteiger partial charge in [-0.05, 0) is 42.5 Å². The lowest BCUT2D eigenvalue weighted by Crippen LogP contribution is -2.23. The highest BCUT2D eigenvalue weighted by molar-refractivity contribution is 7.85. The zero-order valence-electron chi connectivity index (χ0n) is 13.0. The maximum atomic E-state index is 9.95. The SMILES string of the molecule is CCCCS(=O)(=O)O.Clc1nc(Cl)nc(NC2CCCCC2)n1. The Labute approximate surface area is 147 Å². The number of halogens is 2. The van der Waals surface area contributed by atoms with Crippen LogP contribution < -0.4 is 5.32 Å². The van der Waals surface area contributed by atoms with Crippen molar-refractivity contribution in [2.75, 3.05) is 11.1 Å². The van der Waals surface area contributed by atoms with Crippen molar-refractivity contribution in [1.29, 1.82) is 0 Å². The van der Waals surface area contributed by atoms with Crippen LogP contribution in [0, 0.1) is 0 Å². The molecule has 0 aromatic carbocycles. The third-order valence-corrected chi connectivity index (χ3v) is 4.42. The van der Waals surface area contributed by atoms with E-state index in [-0.39, 0.29) is 16.3 Å². The van der Waals surface area contributed by atoms with E-state index in [0.29, 0.717) is 18.4 Å². The molecule has 1 aromatic heterocycles. The highest BCUT2D eigenvalue weighted by atomic mass is 35.5. The Morgan fingerprint density at radius 2 is 1.70 bits per heavy atom. The Morgan fingerprint density at radius 3 is 2.13 bits per heavy atom. The van der Waals surface area contributed by atoms with Crippen molar-refractivity contribution in [1.82, 2.24) is 15.0 Å². The van der Waals surface area contributed by atoms with Crippen molar-refractivity contribution < 1.29 is 13.0 Å². The summed E-state index contributed by atoms with van der Waals surface area (Å²) in [6.45, 7) is 1.87. The molecule has 1 heterocycles. The third kappa shape index (κ3) is 9.91. The van der Waals surface area contributed by atoms with Gasteiger partial charge in [0.2, 0.25) is 16.5 Å². The van der Waals surface area contributed by atoms with Gasteiger partial charge in [0.25, 0.3) is 10.1 Å². The van der Waals surface area contributed by atoms with Crippen molar-refractivity contribution in [3.63, 3.8) is 0 Å². The van der Waals surface area contributed by atoms with Crippen molar-refractivity contribution in [2.24, 2.45) is 0 Å². The van der Waals surface area contributed by atoms with Crippen LogP contribution in [0.3, 0.4) is 0 Å². The van der Waals surface area contributed by atoms with Gasteiger partial charge in [0, 0.05) is 6.04 Å². The van der Waals surface area contributed by atoms with E-state index in [1.807, 2.05) is 6.92 Å². The minimum Gasteiger partial charge on any atom is -0.351 e. The highest BCUT2D eigenvalue weighted by Crippen LogP contribution is 2.20. The van der Waals surface area contributed by atoms with Gasteiger partial charge < -0.3 is 5.32 Å². The number of nitrogens with zero attached hydrogens (tertiary/aromatic N) is 3. The molecule has 0 unspecified atom stereocenters. The van der Waals surface area contributed by atoms with Crippen molar-refractivity contribution in [2.45, 2.75) is 57.9 Å². The summed E-state index contributed by atoms with van der Waals surface area (Å²) in [5, 5.41) is 3.50. The van der Waals surface area contributed by atoms with Crippen molar-refractivity contribution >= 4 is 39.3 Å². The van der Waals surface area contributed by atoms with E-state index in [0.717, 1.165) is 19.3 Å². The van der Waals surface area contributed by atoms with E-state index in [1.54, 1.807) is 0 Å². The fourth-order valence-electron chi connectivity index (χ4n) is 2.15. The normalized spacial score (nSPS) is 15.7. The predicted octanol–water partition coefficient (Wildman–Crippen LogP) is 3.60. The standard InChI is InChI=1S/C9H12Cl2N4.C4H10O3S/c10-7-13-8(11)15-9(14-7)12-6-4-2-1-3-5-6;1-2-3-4-8(5,6)7/h6H,1-5H2,(H,12,13,14,15);2-4H2,1H3,(H,5,6,7). The van der Waals surface area contributed by atoms with Crippen LogP contribution in [0.2, 0.25) is 10.6 Å². The van der Waals surface area contributed by atoms with Gasteiger partial charge >= 0.3 is 0 Å². The van der Waals surface area contributed by atoms with Gasteiger partial charge in [-0.1, -0.05) is 32.6 Å². The largest absolute Gasteiger partial charge is 0.351 e. The molecule has 0 saturated heterocycles. The molecule has 0 bridgehead atoms. The van der Waals surface area contributed by atoms with Gasteiger partial charge in [-0.3, -0.25) is 4.55 Å². The van der Waals surface area contributed by atoms with Gasteiger partial charge in [0.15, 0.2) is 0 Å².